The van der Waals surface area contributed by atoms with Crippen LogP contribution in [0, 0.1) is 11.6 Å². The van der Waals surface area contributed by atoms with Gasteiger partial charge in [-0.05, 0) is 24.3 Å². The van der Waals surface area contributed by atoms with Crippen LogP contribution in [-0.4, -0.2) is 14.2 Å². The topological polar surface area (TPSA) is 95.7 Å². The van der Waals surface area contributed by atoms with Crippen molar-refractivity contribution in [2.75, 3.05) is 0 Å². The number of hydrogen-bond donors (Lipinski definition) is 1. The zero-order valence-corrected chi connectivity index (χ0v) is 13.3. The number of halogens is 2. The SMILES string of the molecule is NC1=C(OS(=O)(=O)c2ccccc2)C(=O)C(c2c(F)cccc2F)O1. The summed E-state index contributed by atoms with van der Waals surface area (Å²) in [6.07, 6.45) is -1.76. The van der Waals surface area contributed by atoms with Gasteiger partial charge in [0.25, 0.3) is 0 Å². The summed E-state index contributed by atoms with van der Waals surface area (Å²) in [6, 6.07) is 9.99. The van der Waals surface area contributed by atoms with Crippen molar-refractivity contribution in [1.82, 2.24) is 0 Å². The van der Waals surface area contributed by atoms with Gasteiger partial charge in [-0.15, -0.1) is 0 Å². The van der Waals surface area contributed by atoms with Gasteiger partial charge in [0.05, 0.1) is 5.56 Å². The third kappa shape index (κ3) is 3.05. The third-order valence-electron chi connectivity index (χ3n) is 3.42. The number of hydrogen-bond acceptors (Lipinski definition) is 6. The Morgan fingerprint density at radius 1 is 1.00 bits per heavy atom. The minimum atomic E-state index is -4.36. The molecule has 0 amide bonds. The van der Waals surface area contributed by atoms with Crippen LogP contribution in [0.15, 0.2) is 65.1 Å². The van der Waals surface area contributed by atoms with E-state index in [0.29, 0.717) is 0 Å². The number of carbonyl (C=O) groups excluding carboxylic acids is 1. The number of nitrogens with two attached hydrogens (primary N) is 1. The molecule has 1 unspecified atom stereocenters. The molecule has 1 atom stereocenters. The van der Waals surface area contributed by atoms with Crippen LogP contribution in [0.1, 0.15) is 11.7 Å². The quantitative estimate of drug-likeness (QED) is 0.832. The second-order valence-corrected chi connectivity index (χ2v) is 6.59. The summed E-state index contributed by atoms with van der Waals surface area (Å²) in [5, 5.41) is 0. The molecule has 25 heavy (non-hydrogen) atoms. The molecular formula is C16H11F2NO5S. The zero-order valence-electron chi connectivity index (χ0n) is 12.5. The normalized spacial score (nSPS) is 17.5. The molecule has 1 aliphatic rings. The van der Waals surface area contributed by atoms with Gasteiger partial charge < -0.3 is 14.7 Å². The lowest BCUT2D eigenvalue weighted by Gasteiger charge is -2.11. The summed E-state index contributed by atoms with van der Waals surface area (Å²) in [6.45, 7) is 0. The fourth-order valence-corrected chi connectivity index (χ4v) is 3.22. The summed E-state index contributed by atoms with van der Waals surface area (Å²) in [5.74, 6) is -4.65. The average molecular weight is 367 g/mol. The first-order valence-electron chi connectivity index (χ1n) is 6.95. The van der Waals surface area contributed by atoms with Gasteiger partial charge in [0.1, 0.15) is 16.5 Å². The molecule has 0 saturated carbocycles. The van der Waals surface area contributed by atoms with Gasteiger partial charge in [0, 0.05) is 0 Å². The molecule has 2 N–H and O–H groups in total. The highest BCUT2D eigenvalue weighted by atomic mass is 32.2. The van der Waals surface area contributed by atoms with Gasteiger partial charge >= 0.3 is 10.1 Å². The molecule has 1 aliphatic heterocycles. The Morgan fingerprint density at radius 3 is 2.20 bits per heavy atom. The third-order valence-corrected chi connectivity index (χ3v) is 4.65. The summed E-state index contributed by atoms with van der Waals surface area (Å²) >= 11 is 0. The minimum absolute atomic E-state index is 0.219. The van der Waals surface area contributed by atoms with E-state index in [1.165, 1.54) is 24.3 Å². The Kier molecular flexibility index (Phi) is 4.17. The standard InChI is InChI=1S/C16H11F2NO5S/c17-10-7-4-8-11(18)12(10)14-13(20)15(16(19)23-14)24-25(21,22)9-5-2-1-3-6-9/h1-8,14H,19H2. The van der Waals surface area contributed by atoms with E-state index >= 15 is 0 Å². The van der Waals surface area contributed by atoms with E-state index in [0.717, 1.165) is 18.2 Å². The number of Topliss-reactive ketones (excluding diaryl/α,β-unsaturated/α-hetero) is 1. The van der Waals surface area contributed by atoms with Crippen LogP contribution in [-0.2, 0) is 23.8 Å². The lowest BCUT2D eigenvalue weighted by molar-refractivity contribution is -0.123. The maximum atomic E-state index is 13.8. The molecular weight excluding hydrogens is 356 g/mol. The molecule has 9 heteroatoms. The maximum absolute atomic E-state index is 13.8. The maximum Gasteiger partial charge on any atom is 0.339 e. The smallest absolute Gasteiger partial charge is 0.339 e. The molecule has 0 radical (unpaired) electrons. The Labute approximate surface area is 141 Å². The first-order valence-corrected chi connectivity index (χ1v) is 8.36. The first-order chi connectivity index (χ1) is 11.8. The van der Waals surface area contributed by atoms with Crippen LogP contribution in [0.25, 0.3) is 0 Å². The summed E-state index contributed by atoms with van der Waals surface area (Å²) in [7, 11) is -4.36. The number of ketones is 1. The molecule has 0 fully saturated rings. The predicted octanol–water partition coefficient (Wildman–Crippen LogP) is 2.14. The second-order valence-electron chi connectivity index (χ2n) is 5.04. The molecule has 0 spiro atoms. The fraction of sp³-hybridized carbons (Fsp3) is 0.0625. The molecule has 2 aromatic rings. The molecule has 1 heterocycles. The Bertz CT molecular complexity index is 953. The monoisotopic (exact) mass is 367 g/mol. The van der Waals surface area contributed by atoms with Gasteiger partial charge in [-0.2, -0.15) is 8.42 Å². The van der Waals surface area contributed by atoms with E-state index in [-0.39, 0.29) is 4.90 Å². The van der Waals surface area contributed by atoms with Gasteiger partial charge in [0.15, 0.2) is 6.10 Å². The molecule has 2 aromatic carbocycles. The summed E-state index contributed by atoms with van der Waals surface area (Å²) < 4.78 is 61.8. The molecule has 0 bridgehead atoms. The predicted molar refractivity (Wildman–Crippen MR) is 81.1 cm³/mol. The highest BCUT2D eigenvalue weighted by Gasteiger charge is 2.42. The lowest BCUT2D eigenvalue weighted by atomic mass is 10.0. The number of carbonyl (C=O) groups is 1. The molecule has 0 saturated heterocycles. The first kappa shape index (κ1) is 16.9. The van der Waals surface area contributed by atoms with Crippen LogP contribution in [0.5, 0.6) is 0 Å². The average Bonchev–Trinajstić information content (AvgIpc) is 2.83. The van der Waals surface area contributed by atoms with E-state index in [4.69, 9.17) is 14.7 Å². The molecule has 130 valence electrons. The van der Waals surface area contributed by atoms with Crippen molar-refractivity contribution < 1.29 is 30.9 Å². The minimum Gasteiger partial charge on any atom is -0.460 e. The van der Waals surface area contributed by atoms with Crippen molar-refractivity contribution in [3.8, 4) is 0 Å². The van der Waals surface area contributed by atoms with Crippen molar-refractivity contribution >= 4 is 15.9 Å². The largest absolute Gasteiger partial charge is 0.460 e. The van der Waals surface area contributed by atoms with E-state index < -0.39 is 50.8 Å². The highest BCUT2D eigenvalue weighted by molar-refractivity contribution is 7.86. The van der Waals surface area contributed by atoms with E-state index in [9.17, 15) is 22.0 Å². The molecule has 3 rings (SSSR count). The van der Waals surface area contributed by atoms with Crippen molar-refractivity contribution in [1.29, 1.82) is 0 Å². The molecule has 6 nitrogen and oxygen atoms in total. The van der Waals surface area contributed by atoms with Gasteiger partial charge in [-0.1, -0.05) is 24.3 Å². The van der Waals surface area contributed by atoms with E-state index in [1.807, 2.05) is 0 Å². The van der Waals surface area contributed by atoms with Crippen molar-refractivity contribution in [3.05, 3.63) is 77.4 Å². The summed E-state index contributed by atoms with van der Waals surface area (Å²) in [5.41, 5.74) is 4.81. The van der Waals surface area contributed by atoms with E-state index in [1.54, 1.807) is 6.07 Å². The van der Waals surface area contributed by atoms with Gasteiger partial charge in [-0.3, -0.25) is 4.79 Å². The van der Waals surface area contributed by atoms with Gasteiger partial charge in [0.2, 0.25) is 17.4 Å². The van der Waals surface area contributed by atoms with Crippen LogP contribution >= 0.6 is 0 Å². The number of rotatable bonds is 4. The van der Waals surface area contributed by atoms with Crippen molar-refractivity contribution in [2.24, 2.45) is 5.73 Å². The molecule has 0 aliphatic carbocycles. The Balaban J connectivity index is 1.92. The highest BCUT2D eigenvalue weighted by Crippen LogP contribution is 2.35. The number of ether oxygens (including phenoxy) is 1. The Morgan fingerprint density at radius 2 is 1.60 bits per heavy atom. The zero-order chi connectivity index (χ0) is 18.2. The summed E-state index contributed by atoms with van der Waals surface area (Å²) in [4.78, 5) is 12.1. The van der Waals surface area contributed by atoms with Crippen molar-refractivity contribution in [2.45, 2.75) is 11.0 Å². The lowest BCUT2D eigenvalue weighted by Crippen LogP contribution is -2.17. The number of benzene rings is 2. The van der Waals surface area contributed by atoms with Gasteiger partial charge in [-0.25, -0.2) is 8.78 Å². The Hall–Kier alpha value is -2.94. The van der Waals surface area contributed by atoms with Crippen LogP contribution in [0.2, 0.25) is 0 Å². The van der Waals surface area contributed by atoms with Crippen LogP contribution in [0.4, 0.5) is 8.78 Å². The van der Waals surface area contributed by atoms with E-state index in [2.05, 4.69) is 0 Å². The molecule has 0 aromatic heterocycles. The second kappa shape index (κ2) is 6.17. The van der Waals surface area contributed by atoms with Crippen LogP contribution < -0.4 is 5.73 Å². The van der Waals surface area contributed by atoms with Crippen LogP contribution in [0.3, 0.4) is 0 Å². The fourth-order valence-electron chi connectivity index (χ4n) is 2.25. The van der Waals surface area contributed by atoms with Crippen molar-refractivity contribution in [3.63, 3.8) is 0 Å².